The standard InChI is InChI=1S/C24H20N2O3/c1-28-22-9-7-18(14-23(22)29-2)17-6-8-21-19(13-17)15-26(24(21)27)20-5-3-4-16(12-20)10-11-25/h3-9,12-14H,10,15H2,1-2H3. The Labute approximate surface area is 169 Å². The Bertz CT molecular complexity index is 1130. The summed E-state index contributed by atoms with van der Waals surface area (Å²) in [7, 11) is 3.22. The van der Waals surface area contributed by atoms with Gasteiger partial charge in [0.15, 0.2) is 11.5 Å². The highest BCUT2D eigenvalue weighted by atomic mass is 16.5. The van der Waals surface area contributed by atoms with E-state index >= 15 is 0 Å². The lowest BCUT2D eigenvalue weighted by atomic mass is 10.00. The van der Waals surface area contributed by atoms with Crippen molar-refractivity contribution in [1.29, 1.82) is 5.26 Å². The molecule has 29 heavy (non-hydrogen) atoms. The van der Waals surface area contributed by atoms with Gasteiger partial charge in [-0.1, -0.05) is 24.3 Å². The van der Waals surface area contributed by atoms with Crippen LogP contribution in [0.3, 0.4) is 0 Å². The highest BCUT2D eigenvalue weighted by Gasteiger charge is 2.28. The minimum Gasteiger partial charge on any atom is -0.493 e. The number of methoxy groups -OCH3 is 2. The Morgan fingerprint density at radius 2 is 1.72 bits per heavy atom. The molecule has 0 atom stereocenters. The summed E-state index contributed by atoms with van der Waals surface area (Å²) in [4.78, 5) is 14.7. The third-order valence-corrected chi connectivity index (χ3v) is 5.13. The molecule has 144 valence electrons. The molecule has 0 saturated carbocycles. The monoisotopic (exact) mass is 384 g/mol. The van der Waals surface area contributed by atoms with Gasteiger partial charge in [0.2, 0.25) is 0 Å². The lowest BCUT2D eigenvalue weighted by molar-refractivity contribution is 0.0996. The number of benzene rings is 3. The van der Waals surface area contributed by atoms with Crippen LogP contribution in [0.5, 0.6) is 11.5 Å². The number of carbonyl (C=O) groups excluding carboxylic acids is 1. The molecule has 0 fully saturated rings. The quantitative estimate of drug-likeness (QED) is 0.645. The van der Waals surface area contributed by atoms with Crippen molar-refractivity contribution >= 4 is 11.6 Å². The van der Waals surface area contributed by atoms with Gasteiger partial charge in [0.05, 0.1) is 33.3 Å². The van der Waals surface area contributed by atoms with Crippen molar-refractivity contribution < 1.29 is 14.3 Å². The topological polar surface area (TPSA) is 62.6 Å². The highest BCUT2D eigenvalue weighted by molar-refractivity contribution is 6.10. The molecule has 0 saturated heterocycles. The first-order chi connectivity index (χ1) is 14.1. The minimum absolute atomic E-state index is 0.0204. The summed E-state index contributed by atoms with van der Waals surface area (Å²) in [6.45, 7) is 0.505. The van der Waals surface area contributed by atoms with Crippen LogP contribution in [0, 0.1) is 11.3 Å². The van der Waals surface area contributed by atoms with Gasteiger partial charge >= 0.3 is 0 Å². The molecule has 0 N–H and O–H groups in total. The molecule has 0 bridgehead atoms. The summed E-state index contributed by atoms with van der Waals surface area (Å²) in [5, 5.41) is 8.93. The van der Waals surface area contributed by atoms with Crippen molar-refractivity contribution in [2.24, 2.45) is 0 Å². The Balaban J connectivity index is 1.66. The van der Waals surface area contributed by atoms with Gasteiger partial charge in [0.25, 0.3) is 5.91 Å². The molecule has 4 rings (SSSR count). The number of anilines is 1. The number of nitriles is 1. The van der Waals surface area contributed by atoms with Crippen molar-refractivity contribution in [3.63, 3.8) is 0 Å². The van der Waals surface area contributed by atoms with Gasteiger partial charge in [-0.15, -0.1) is 0 Å². The van der Waals surface area contributed by atoms with Crippen LogP contribution in [-0.2, 0) is 13.0 Å². The number of rotatable bonds is 5. The zero-order chi connectivity index (χ0) is 20.4. The third-order valence-electron chi connectivity index (χ3n) is 5.13. The average molecular weight is 384 g/mol. The first-order valence-corrected chi connectivity index (χ1v) is 9.27. The lowest BCUT2D eigenvalue weighted by Crippen LogP contribution is -2.22. The van der Waals surface area contributed by atoms with Crippen LogP contribution in [-0.4, -0.2) is 20.1 Å². The van der Waals surface area contributed by atoms with E-state index in [1.165, 1.54) is 0 Å². The van der Waals surface area contributed by atoms with Crippen LogP contribution < -0.4 is 14.4 Å². The predicted octanol–water partition coefficient (Wildman–Crippen LogP) is 4.60. The number of nitrogens with zero attached hydrogens (tertiary/aromatic N) is 2. The second kappa shape index (κ2) is 7.69. The zero-order valence-corrected chi connectivity index (χ0v) is 16.3. The number of amides is 1. The van der Waals surface area contributed by atoms with Gasteiger partial charge < -0.3 is 14.4 Å². The summed E-state index contributed by atoms with van der Waals surface area (Å²) in [6.07, 6.45) is 0.326. The number of fused-ring (bicyclic) bond motifs is 1. The predicted molar refractivity (Wildman–Crippen MR) is 111 cm³/mol. The van der Waals surface area contributed by atoms with Crippen LogP contribution in [0.25, 0.3) is 11.1 Å². The molecule has 1 aliphatic rings. The van der Waals surface area contributed by atoms with Crippen molar-refractivity contribution in [2.75, 3.05) is 19.1 Å². The molecule has 3 aromatic rings. The summed E-state index contributed by atoms with van der Waals surface area (Å²) in [5.41, 5.74) is 5.41. The fourth-order valence-corrected chi connectivity index (χ4v) is 3.65. The van der Waals surface area contributed by atoms with Crippen LogP contribution >= 0.6 is 0 Å². The zero-order valence-electron chi connectivity index (χ0n) is 16.3. The Morgan fingerprint density at radius 3 is 2.48 bits per heavy atom. The smallest absolute Gasteiger partial charge is 0.258 e. The fraction of sp³-hybridized carbons (Fsp3) is 0.167. The summed E-state index contributed by atoms with van der Waals surface area (Å²) in [5.74, 6) is 1.32. The largest absolute Gasteiger partial charge is 0.493 e. The molecule has 0 spiro atoms. The Kier molecular flexibility index (Phi) is 4.92. The second-order valence-electron chi connectivity index (χ2n) is 6.84. The first kappa shape index (κ1) is 18.6. The maximum atomic E-state index is 12.9. The van der Waals surface area contributed by atoms with Gasteiger partial charge in [0.1, 0.15) is 0 Å². The highest BCUT2D eigenvalue weighted by Crippen LogP contribution is 2.35. The Morgan fingerprint density at radius 1 is 0.966 bits per heavy atom. The molecule has 0 radical (unpaired) electrons. The van der Waals surface area contributed by atoms with E-state index in [2.05, 4.69) is 6.07 Å². The normalized spacial score (nSPS) is 12.4. The lowest BCUT2D eigenvalue weighted by Gasteiger charge is -2.16. The van der Waals surface area contributed by atoms with Gasteiger partial charge in [-0.25, -0.2) is 0 Å². The molecule has 1 heterocycles. The molecule has 0 aromatic heterocycles. The molecule has 1 amide bonds. The van der Waals surface area contributed by atoms with E-state index in [0.29, 0.717) is 30.0 Å². The molecule has 5 heteroatoms. The fourth-order valence-electron chi connectivity index (χ4n) is 3.65. The first-order valence-electron chi connectivity index (χ1n) is 9.27. The Hall–Kier alpha value is -3.78. The molecule has 5 nitrogen and oxygen atoms in total. The van der Waals surface area contributed by atoms with Crippen molar-refractivity contribution in [3.8, 4) is 28.7 Å². The van der Waals surface area contributed by atoms with E-state index in [-0.39, 0.29) is 5.91 Å². The number of hydrogen-bond donors (Lipinski definition) is 0. The number of carbonyl (C=O) groups is 1. The maximum Gasteiger partial charge on any atom is 0.258 e. The summed E-state index contributed by atoms with van der Waals surface area (Å²) < 4.78 is 10.7. The van der Waals surface area contributed by atoms with Gasteiger partial charge in [-0.3, -0.25) is 4.79 Å². The third kappa shape index (κ3) is 3.41. The van der Waals surface area contributed by atoms with E-state index in [1.54, 1.807) is 19.1 Å². The van der Waals surface area contributed by atoms with Gasteiger partial charge in [0, 0.05) is 11.3 Å². The SMILES string of the molecule is COc1ccc(-c2ccc3c(c2)CN(c2cccc(CC#N)c2)C3=O)cc1OC. The van der Waals surface area contributed by atoms with Crippen LogP contribution in [0.2, 0.25) is 0 Å². The number of ether oxygens (including phenoxy) is 2. The molecular weight excluding hydrogens is 364 g/mol. The van der Waals surface area contributed by atoms with E-state index in [9.17, 15) is 4.79 Å². The summed E-state index contributed by atoms with van der Waals surface area (Å²) in [6, 6.07) is 21.4. The summed E-state index contributed by atoms with van der Waals surface area (Å²) >= 11 is 0. The maximum absolute atomic E-state index is 12.9. The van der Waals surface area contributed by atoms with Crippen molar-refractivity contribution in [3.05, 3.63) is 77.4 Å². The molecule has 0 unspecified atom stereocenters. The molecule has 1 aliphatic heterocycles. The van der Waals surface area contributed by atoms with Crippen LogP contribution in [0.1, 0.15) is 21.5 Å². The number of hydrogen-bond acceptors (Lipinski definition) is 4. The van der Waals surface area contributed by atoms with Gasteiger partial charge in [-0.2, -0.15) is 5.26 Å². The molecular formula is C24H20N2O3. The van der Waals surface area contributed by atoms with Crippen LogP contribution in [0.4, 0.5) is 5.69 Å². The van der Waals surface area contributed by atoms with Crippen LogP contribution in [0.15, 0.2) is 60.7 Å². The van der Waals surface area contributed by atoms with Crippen molar-refractivity contribution in [1.82, 2.24) is 0 Å². The molecule has 0 aliphatic carbocycles. The molecule has 3 aromatic carbocycles. The second-order valence-corrected chi connectivity index (χ2v) is 6.84. The average Bonchev–Trinajstić information content (AvgIpc) is 3.09. The van der Waals surface area contributed by atoms with E-state index in [4.69, 9.17) is 14.7 Å². The van der Waals surface area contributed by atoms with Crippen molar-refractivity contribution in [2.45, 2.75) is 13.0 Å². The van der Waals surface area contributed by atoms with E-state index in [0.717, 1.165) is 27.9 Å². The van der Waals surface area contributed by atoms with Gasteiger partial charge in [-0.05, 0) is 58.7 Å². The van der Waals surface area contributed by atoms with E-state index in [1.807, 2.05) is 60.7 Å². The van der Waals surface area contributed by atoms with E-state index < -0.39 is 0 Å². The minimum atomic E-state index is -0.0204.